The van der Waals surface area contributed by atoms with Crippen LogP contribution in [0.5, 0.6) is 0 Å². The van der Waals surface area contributed by atoms with Gasteiger partial charge in [0, 0.05) is 5.56 Å². The third kappa shape index (κ3) is 1.98. The van der Waals surface area contributed by atoms with Crippen molar-refractivity contribution in [3.05, 3.63) is 54.0 Å². The van der Waals surface area contributed by atoms with Crippen LogP contribution in [0.2, 0.25) is 0 Å². The van der Waals surface area contributed by atoms with Crippen molar-refractivity contribution in [1.29, 1.82) is 0 Å². The molecule has 0 amide bonds. The minimum Gasteiger partial charge on any atom is -0.253 e. The van der Waals surface area contributed by atoms with E-state index in [0.717, 1.165) is 18.3 Å². The number of hydrogen-bond donors (Lipinski definition) is 0. The lowest BCUT2D eigenvalue weighted by Crippen LogP contribution is -1.90. The molecule has 0 aliphatic heterocycles. The molecule has 0 aliphatic rings. The van der Waals surface area contributed by atoms with Crippen molar-refractivity contribution in [2.24, 2.45) is 0 Å². The van der Waals surface area contributed by atoms with Gasteiger partial charge in [-0.1, -0.05) is 0 Å². The van der Waals surface area contributed by atoms with E-state index in [4.69, 9.17) is 0 Å². The number of nitrogens with zero attached hydrogens (tertiary/aromatic N) is 1. The predicted molar refractivity (Wildman–Crippen MR) is 48.4 cm³/mol. The lowest BCUT2D eigenvalue weighted by Gasteiger charge is -2.01. The van der Waals surface area contributed by atoms with Crippen LogP contribution in [0.1, 0.15) is 0 Å². The van der Waals surface area contributed by atoms with E-state index in [9.17, 15) is 13.2 Å². The fourth-order valence-corrected chi connectivity index (χ4v) is 1.18. The second-order valence-electron chi connectivity index (χ2n) is 2.90. The van der Waals surface area contributed by atoms with Gasteiger partial charge in [-0.25, -0.2) is 13.2 Å². The summed E-state index contributed by atoms with van der Waals surface area (Å²) >= 11 is 0. The molecule has 0 spiro atoms. The Morgan fingerprint density at radius 3 is 2.40 bits per heavy atom. The van der Waals surface area contributed by atoms with Gasteiger partial charge in [-0.3, -0.25) is 4.98 Å². The quantitative estimate of drug-likeness (QED) is 0.702. The van der Waals surface area contributed by atoms with E-state index in [1.54, 1.807) is 0 Å². The molecule has 0 unspecified atom stereocenters. The Kier molecular flexibility index (Phi) is 2.41. The number of hydrogen-bond acceptors (Lipinski definition) is 1. The van der Waals surface area contributed by atoms with Gasteiger partial charge in [0.2, 0.25) is 0 Å². The van der Waals surface area contributed by atoms with Crippen LogP contribution in [-0.2, 0) is 0 Å². The zero-order valence-electron chi connectivity index (χ0n) is 7.47. The first-order chi connectivity index (χ1) is 7.16. The van der Waals surface area contributed by atoms with Gasteiger partial charge in [-0.2, -0.15) is 0 Å². The maximum Gasteiger partial charge on any atom is 0.143 e. The number of halogens is 3. The van der Waals surface area contributed by atoms with E-state index in [-0.39, 0.29) is 11.3 Å². The van der Waals surface area contributed by atoms with Gasteiger partial charge in [0.1, 0.15) is 17.5 Å². The molecule has 4 heteroatoms. The van der Waals surface area contributed by atoms with Gasteiger partial charge >= 0.3 is 0 Å². The topological polar surface area (TPSA) is 12.9 Å². The summed E-state index contributed by atoms with van der Waals surface area (Å²) in [5, 5.41) is 0. The van der Waals surface area contributed by atoms with Gasteiger partial charge in [0.05, 0.1) is 18.0 Å². The van der Waals surface area contributed by atoms with Gasteiger partial charge in [0.25, 0.3) is 0 Å². The van der Waals surface area contributed by atoms with Crippen molar-refractivity contribution >= 4 is 0 Å². The molecule has 0 atom stereocenters. The Morgan fingerprint density at radius 1 is 1.00 bits per heavy atom. The van der Waals surface area contributed by atoms with Crippen LogP contribution in [0.3, 0.4) is 0 Å². The van der Waals surface area contributed by atoms with E-state index >= 15 is 0 Å². The molecular weight excluding hydrogens is 203 g/mol. The van der Waals surface area contributed by atoms with E-state index in [1.165, 1.54) is 12.1 Å². The SMILES string of the molecule is Fc1[c]c(F)c(-c2ccc(F)cn2)cc1. The number of aromatic nitrogens is 1. The molecule has 75 valence electrons. The third-order valence-corrected chi connectivity index (χ3v) is 1.87. The maximum absolute atomic E-state index is 13.2. The van der Waals surface area contributed by atoms with Crippen molar-refractivity contribution in [3.63, 3.8) is 0 Å². The molecule has 0 N–H and O–H groups in total. The highest BCUT2D eigenvalue weighted by Gasteiger charge is 2.07. The summed E-state index contributed by atoms with van der Waals surface area (Å²) < 4.78 is 38.3. The molecule has 0 aliphatic carbocycles. The number of benzene rings is 1. The standard InChI is InChI=1S/C11H5F3N/c12-7-1-3-9(10(14)5-7)11-4-2-8(13)6-15-11/h1-4,6H. The molecule has 2 aromatic rings. The average Bonchev–Trinajstić information content (AvgIpc) is 2.20. The van der Waals surface area contributed by atoms with Crippen LogP contribution in [0.15, 0.2) is 30.5 Å². The summed E-state index contributed by atoms with van der Waals surface area (Å²) in [7, 11) is 0. The number of rotatable bonds is 1. The Bertz CT molecular complexity index is 480. The largest absolute Gasteiger partial charge is 0.253 e. The normalized spacial score (nSPS) is 10.3. The zero-order valence-corrected chi connectivity index (χ0v) is 7.47. The molecule has 0 fully saturated rings. The molecule has 1 aromatic carbocycles. The lowest BCUT2D eigenvalue weighted by atomic mass is 10.1. The van der Waals surface area contributed by atoms with E-state index in [0.29, 0.717) is 0 Å². The van der Waals surface area contributed by atoms with Crippen LogP contribution in [0.25, 0.3) is 11.3 Å². The van der Waals surface area contributed by atoms with Crippen LogP contribution in [0, 0.1) is 23.5 Å². The highest BCUT2D eigenvalue weighted by molar-refractivity contribution is 5.59. The second kappa shape index (κ2) is 3.73. The second-order valence-corrected chi connectivity index (χ2v) is 2.90. The highest BCUT2D eigenvalue weighted by Crippen LogP contribution is 2.20. The van der Waals surface area contributed by atoms with Crippen molar-refractivity contribution < 1.29 is 13.2 Å². The minimum absolute atomic E-state index is 0.0939. The predicted octanol–water partition coefficient (Wildman–Crippen LogP) is 2.97. The van der Waals surface area contributed by atoms with Gasteiger partial charge in [-0.05, 0) is 24.3 Å². The summed E-state index contributed by atoms with van der Waals surface area (Å²) in [6, 6.07) is 6.67. The minimum atomic E-state index is -0.839. The van der Waals surface area contributed by atoms with E-state index < -0.39 is 17.5 Å². The van der Waals surface area contributed by atoms with Crippen molar-refractivity contribution in [1.82, 2.24) is 4.98 Å². The molecule has 0 saturated carbocycles. The van der Waals surface area contributed by atoms with Crippen molar-refractivity contribution in [3.8, 4) is 11.3 Å². The van der Waals surface area contributed by atoms with Crippen molar-refractivity contribution in [2.75, 3.05) is 0 Å². The highest BCUT2D eigenvalue weighted by atomic mass is 19.1. The Morgan fingerprint density at radius 2 is 1.80 bits per heavy atom. The van der Waals surface area contributed by atoms with Crippen molar-refractivity contribution in [2.45, 2.75) is 0 Å². The van der Waals surface area contributed by atoms with E-state index in [1.807, 2.05) is 6.07 Å². The first-order valence-electron chi connectivity index (χ1n) is 4.16. The zero-order chi connectivity index (χ0) is 10.8. The number of pyridine rings is 1. The van der Waals surface area contributed by atoms with Crippen LogP contribution in [0.4, 0.5) is 13.2 Å². The van der Waals surface area contributed by atoms with Crippen LogP contribution < -0.4 is 0 Å². The molecule has 1 nitrogen and oxygen atoms in total. The Hall–Kier alpha value is -1.84. The average molecular weight is 208 g/mol. The van der Waals surface area contributed by atoms with Gasteiger partial charge in [0.15, 0.2) is 0 Å². The molecule has 1 radical (unpaired) electrons. The molecule has 15 heavy (non-hydrogen) atoms. The molecule has 1 aromatic heterocycles. The van der Waals surface area contributed by atoms with Gasteiger partial charge in [-0.15, -0.1) is 0 Å². The Balaban J connectivity index is 2.49. The fraction of sp³-hybridized carbons (Fsp3) is 0. The van der Waals surface area contributed by atoms with Crippen LogP contribution in [-0.4, -0.2) is 4.98 Å². The van der Waals surface area contributed by atoms with Crippen LogP contribution >= 0.6 is 0 Å². The van der Waals surface area contributed by atoms with Gasteiger partial charge < -0.3 is 0 Å². The molecule has 0 bridgehead atoms. The summed E-state index contributed by atoms with van der Waals surface area (Å²) in [4.78, 5) is 3.68. The lowest BCUT2D eigenvalue weighted by molar-refractivity contribution is 0.581. The van der Waals surface area contributed by atoms with E-state index in [2.05, 4.69) is 4.98 Å². The third-order valence-electron chi connectivity index (χ3n) is 1.87. The molecule has 2 rings (SSSR count). The monoisotopic (exact) mass is 208 g/mol. The summed E-state index contributed by atoms with van der Waals surface area (Å²) in [6.07, 6.45) is 0.970. The fourth-order valence-electron chi connectivity index (χ4n) is 1.18. The summed E-state index contributed by atoms with van der Waals surface area (Å²) in [5.74, 6) is -2.13. The summed E-state index contributed by atoms with van der Waals surface area (Å²) in [5.41, 5.74) is 0.335. The smallest absolute Gasteiger partial charge is 0.143 e. The molecular formula is C11H5F3N. The first-order valence-corrected chi connectivity index (χ1v) is 4.16. The maximum atomic E-state index is 13.2. The summed E-state index contributed by atoms with van der Waals surface area (Å²) in [6.45, 7) is 0. The molecule has 1 heterocycles. The molecule has 0 saturated heterocycles. The Labute approximate surface area is 84.2 Å². The first kappa shape index (κ1) is 9.71.